The number of pyridine rings is 1. The van der Waals surface area contributed by atoms with E-state index in [-0.39, 0.29) is 12.0 Å². The molecule has 0 bridgehead atoms. The van der Waals surface area contributed by atoms with E-state index in [1.165, 1.54) is 0 Å². The van der Waals surface area contributed by atoms with E-state index in [9.17, 15) is 4.79 Å². The van der Waals surface area contributed by atoms with Gasteiger partial charge in [0.05, 0.1) is 19.3 Å². The molecule has 3 rings (SSSR count). The van der Waals surface area contributed by atoms with Crippen LogP contribution in [0.4, 0.5) is 0 Å². The van der Waals surface area contributed by atoms with Crippen LogP contribution in [0.1, 0.15) is 25.1 Å². The summed E-state index contributed by atoms with van der Waals surface area (Å²) in [7, 11) is 0. The number of nitrogens with one attached hydrogen (secondary N) is 2. The molecular weight excluding hydrogens is 310 g/mol. The molecule has 0 spiro atoms. The topological polar surface area (TPSA) is 102 Å². The summed E-state index contributed by atoms with van der Waals surface area (Å²) in [5.74, 6) is 1.04. The van der Waals surface area contributed by atoms with Crippen LogP contribution in [0.15, 0.2) is 24.4 Å². The van der Waals surface area contributed by atoms with E-state index in [4.69, 9.17) is 9.47 Å². The van der Waals surface area contributed by atoms with Gasteiger partial charge in [0.1, 0.15) is 11.5 Å². The zero-order valence-corrected chi connectivity index (χ0v) is 13.4. The van der Waals surface area contributed by atoms with E-state index in [1.807, 2.05) is 18.2 Å². The van der Waals surface area contributed by atoms with E-state index in [0.717, 1.165) is 26.1 Å². The highest BCUT2D eigenvalue weighted by Crippen LogP contribution is 2.11. The normalized spacial score (nSPS) is 15.3. The Morgan fingerprint density at radius 2 is 2.25 bits per heavy atom. The number of hydrogen-bond acceptors (Lipinski definition) is 6. The summed E-state index contributed by atoms with van der Waals surface area (Å²) in [4.78, 5) is 20.3. The largest absolute Gasteiger partial charge is 0.381 e. The van der Waals surface area contributed by atoms with Crippen LogP contribution in [-0.4, -0.2) is 52.0 Å². The quantitative estimate of drug-likeness (QED) is 0.787. The van der Waals surface area contributed by atoms with Crippen molar-refractivity contribution in [1.29, 1.82) is 0 Å². The van der Waals surface area contributed by atoms with Crippen molar-refractivity contribution in [2.75, 3.05) is 19.8 Å². The van der Waals surface area contributed by atoms with Crippen molar-refractivity contribution >= 4 is 5.91 Å². The molecule has 2 aromatic heterocycles. The lowest BCUT2D eigenvalue weighted by Gasteiger charge is -2.22. The van der Waals surface area contributed by atoms with Crippen LogP contribution in [-0.2, 0) is 20.8 Å². The standard InChI is InChI=1S/C16H21N5O3/c22-15(6-10-24-12-4-8-23-9-5-12)18-11-14-19-16(21-20-14)13-3-1-2-7-17-13/h1-3,7,12H,4-6,8-11H2,(H,18,22)(H,19,20,21). The summed E-state index contributed by atoms with van der Waals surface area (Å²) in [5.41, 5.74) is 0.691. The molecule has 2 aromatic rings. The van der Waals surface area contributed by atoms with Crippen LogP contribution in [0.3, 0.4) is 0 Å². The second-order valence-electron chi connectivity index (χ2n) is 5.53. The van der Waals surface area contributed by atoms with Gasteiger partial charge in [0.25, 0.3) is 0 Å². The van der Waals surface area contributed by atoms with E-state index in [2.05, 4.69) is 25.5 Å². The predicted octanol–water partition coefficient (Wildman–Crippen LogP) is 1.07. The number of carbonyl (C=O) groups is 1. The number of rotatable bonds is 7. The van der Waals surface area contributed by atoms with E-state index in [1.54, 1.807) is 6.20 Å². The number of hydrogen-bond donors (Lipinski definition) is 2. The highest BCUT2D eigenvalue weighted by Gasteiger charge is 2.14. The molecule has 3 heterocycles. The van der Waals surface area contributed by atoms with Gasteiger partial charge in [-0.25, -0.2) is 4.98 Å². The first-order valence-electron chi connectivity index (χ1n) is 8.10. The number of ether oxygens (including phenoxy) is 2. The SMILES string of the molecule is O=C(CCOC1CCOCC1)NCc1nc(-c2ccccn2)n[nH]1. The fraction of sp³-hybridized carbons (Fsp3) is 0.500. The lowest BCUT2D eigenvalue weighted by atomic mass is 10.1. The molecule has 24 heavy (non-hydrogen) atoms. The molecule has 0 unspecified atom stereocenters. The van der Waals surface area contributed by atoms with Crippen LogP contribution in [0.5, 0.6) is 0 Å². The third kappa shape index (κ3) is 4.84. The highest BCUT2D eigenvalue weighted by atomic mass is 16.5. The highest BCUT2D eigenvalue weighted by molar-refractivity contribution is 5.75. The van der Waals surface area contributed by atoms with Crippen LogP contribution in [0.2, 0.25) is 0 Å². The van der Waals surface area contributed by atoms with Crippen molar-refractivity contribution in [2.24, 2.45) is 0 Å². The number of amides is 1. The molecule has 1 aliphatic rings. The fourth-order valence-corrected chi connectivity index (χ4v) is 2.42. The van der Waals surface area contributed by atoms with Gasteiger partial charge in [-0.3, -0.25) is 14.9 Å². The van der Waals surface area contributed by atoms with E-state index >= 15 is 0 Å². The summed E-state index contributed by atoms with van der Waals surface area (Å²) in [6, 6.07) is 5.54. The zero-order chi connectivity index (χ0) is 16.6. The number of nitrogens with zero attached hydrogens (tertiary/aromatic N) is 3. The predicted molar refractivity (Wildman–Crippen MR) is 85.9 cm³/mol. The Morgan fingerprint density at radius 3 is 3.04 bits per heavy atom. The van der Waals surface area contributed by atoms with Crippen molar-refractivity contribution in [3.05, 3.63) is 30.2 Å². The van der Waals surface area contributed by atoms with Gasteiger partial charge in [0.15, 0.2) is 5.82 Å². The summed E-state index contributed by atoms with van der Waals surface area (Å²) >= 11 is 0. The lowest BCUT2D eigenvalue weighted by Crippen LogP contribution is -2.27. The maximum atomic E-state index is 11.8. The molecule has 128 valence electrons. The molecule has 0 aliphatic carbocycles. The Labute approximate surface area is 140 Å². The Bertz CT molecular complexity index is 640. The maximum Gasteiger partial charge on any atom is 0.222 e. The molecule has 8 heteroatoms. The third-order valence-electron chi connectivity index (χ3n) is 3.73. The summed E-state index contributed by atoms with van der Waals surface area (Å²) in [6.45, 7) is 2.20. The molecule has 0 aromatic carbocycles. The van der Waals surface area contributed by atoms with Crippen molar-refractivity contribution < 1.29 is 14.3 Å². The number of aromatic nitrogens is 4. The molecule has 1 amide bonds. The van der Waals surface area contributed by atoms with Crippen molar-refractivity contribution in [1.82, 2.24) is 25.5 Å². The molecule has 0 atom stereocenters. The van der Waals surface area contributed by atoms with Crippen LogP contribution in [0, 0.1) is 0 Å². The minimum atomic E-state index is -0.0714. The molecule has 1 saturated heterocycles. The molecular formula is C16H21N5O3. The average Bonchev–Trinajstić information content (AvgIpc) is 3.11. The summed E-state index contributed by atoms with van der Waals surface area (Å²) < 4.78 is 11.0. The second kappa shape index (κ2) is 8.51. The van der Waals surface area contributed by atoms with Gasteiger partial charge in [0, 0.05) is 25.8 Å². The van der Waals surface area contributed by atoms with Gasteiger partial charge in [-0.2, -0.15) is 5.10 Å². The lowest BCUT2D eigenvalue weighted by molar-refractivity contribution is -0.123. The van der Waals surface area contributed by atoms with E-state index in [0.29, 0.717) is 36.9 Å². The minimum Gasteiger partial charge on any atom is -0.381 e. The maximum absolute atomic E-state index is 11.8. The first-order valence-corrected chi connectivity index (χ1v) is 8.10. The Kier molecular flexibility index (Phi) is 5.86. The number of carbonyl (C=O) groups excluding carboxylic acids is 1. The first-order chi connectivity index (χ1) is 11.8. The Balaban J connectivity index is 1.38. The average molecular weight is 331 g/mol. The second-order valence-corrected chi connectivity index (χ2v) is 5.53. The van der Waals surface area contributed by atoms with Gasteiger partial charge >= 0.3 is 0 Å². The van der Waals surface area contributed by atoms with E-state index < -0.39 is 0 Å². The summed E-state index contributed by atoms with van der Waals surface area (Å²) in [5, 5.41) is 9.71. The molecule has 0 saturated carbocycles. The molecule has 1 aliphatic heterocycles. The molecule has 2 N–H and O–H groups in total. The fourth-order valence-electron chi connectivity index (χ4n) is 2.42. The smallest absolute Gasteiger partial charge is 0.222 e. The van der Waals surface area contributed by atoms with Gasteiger partial charge in [-0.05, 0) is 25.0 Å². The minimum absolute atomic E-state index is 0.0714. The van der Waals surface area contributed by atoms with Gasteiger partial charge < -0.3 is 14.8 Å². The molecule has 0 radical (unpaired) electrons. The van der Waals surface area contributed by atoms with Crippen molar-refractivity contribution in [3.8, 4) is 11.5 Å². The van der Waals surface area contributed by atoms with Crippen LogP contribution < -0.4 is 5.32 Å². The first kappa shape index (κ1) is 16.5. The van der Waals surface area contributed by atoms with Gasteiger partial charge in [0.2, 0.25) is 5.91 Å². The number of H-pyrrole nitrogens is 1. The van der Waals surface area contributed by atoms with Crippen molar-refractivity contribution in [2.45, 2.75) is 31.9 Å². The zero-order valence-electron chi connectivity index (χ0n) is 13.4. The molecule has 1 fully saturated rings. The Morgan fingerprint density at radius 1 is 1.38 bits per heavy atom. The van der Waals surface area contributed by atoms with Crippen LogP contribution in [0.25, 0.3) is 11.5 Å². The van der Waals surface area contributed by atoms with Crippen molar-refractivity contribution in [3.63, 3.8) is 0 Å². The van der Waals surface area contributed by atoms with Gasteiger partial charge in [-0.15, -0.1) is 0 Å². The van der Waals surface area contributed by atoms with Crippen LogP contribution >= 0.6 is 0 Å². The third-order valence-corrected chi connectivity index (χ3v) is 3.73. The monoisotopic (exact) mass is 331 g/mol. The number of aromatic amines is 1. The summed E-state index contributed by atoms with van der Waals surface area (Å²) in [6.07, 6.45) is 4.03. The Hall–Kier alpha value is -2.32. The molecule has 8 nitrogen and oxygen atoms in total. The van der Waals surface area contributed by atoms with Gasteiger partial charge in [-0.1, -0.05) is 6.07 Å².